The van der Waals surface area contributed by atoms with Crippen molar-refractivity contribution in [2.75, 3.05) is 31.1 Å². The van der Waals surface area contributed by atoms with E-state index in [1.54, 1.807) is 36.6 Å². The quantitative estimate of drug-likeness (QED) is 0.556. The molecule has 1 aliphatic heterocycles. The Morgan fingerprint density at radius 3 is 2.37 bits per heavy atom. The summed E-state index contributed by atoms with van der Waals surface area (Å²) in [7, 11) is 0. The molecule has 0 N–H and O–H groups in total. The number of anilines is 1. The van der Waals surface area contributed by atoms with Gasteiger partial charge in [-0.2, -0.15) is 13.2 Å². The van der Waals surface area contributed by atoms with Crippen molar-refractivity contribution in [2.24, 2.45) is 0 Å². The van der Waals surface area contributed by atoms with Crippen LogP contribution in [0.1, 0.15) is 32.0 Å². The molecule has 0 aromatic carbocycles. The van der Waals surface area contributed by atoms with Gasteiger partial charge < -0.3 is 14.5 Å². The molecule has 0 bridgehead atoms. The van der Waals surface area contributed by atoms with Crippen LogP contribution in [0.4, 0.5) is 23.7 Å². The van der Waals surface area contributed by atoms with Gasteiger partial charge in [0.1, 0.15) is 16.8 Å². The third kappa shape index (κ3) is 5.36. The van der Waals surface area contributed by atoms with Gasteiger partial charge in [-0.25, -0.2) is 9.78 Å². The number of amides is 1. The molecular formula is C23H25F3N6O3. The second kappa shape index (κ2) is 9.16. The largest absolute Gasteiger partial charge is 0.444 e. The zero-order valence-electron chi connectivity index (χ0n) is 19.5. The average Bonchev–Trinajstić information content (AvgIpc) is 2.79. The Kier molecular flexibility index (Phi) is 6.39. The van der Waals surface area contributed by atoms with E-state index in [1.807, 2.05) is 0 Å². The first-order chi connectivity index (χ1) is 16.4. The van der Waals surface area contributed by atoms with Gasteiger partial charge in [0.25, 0.3) is 5.56 Å². The van der Waals surface area contributed by atoms with E-state index in [2.05, 4.69) is 15.0 Å². The van der Waals surface area contributed by atoms with E-state index in [0.717, 1.165) is 10.6 Å². The maximum Gasteiger partial charge on any atom is 0.418 e. The molecule has 3 aromatic rings. The molecule has 9 nitrogen and oxygen atoms in total. The highest BCUT2D eigenvalue weighted by molar-refractivity contribution is 5.75. The first-order valence-electron chi connectivity index (χ1n) is 11.0. The number of alkyl halides is 3. The highest BCUT2D eigenvalue weighted by Crippen LogP contribution is 2.31. The Hall–Kier alpha value is -3.70. The molecule has 12 heteroatoms. The lowest BCUT2D eigenvalue weighted by Gasteiger charge is -2.36. The summed E-state index contributed by atoms with van der Waals surface area (Å²) >= 11 is 0. The molecule has 0 spiro atoms. The first-order valence-corrected chi connectivity index (χ1v) is 11.0. The van der Waals surface area contributed by atoms with E-state index in [4.69, 9.17) is 4.74 Å². The standard InChI is InChI=1S/C23H25F3N6O3/c1-22(2,3)35-21(34)31-11-9-30(10-12-31)18-13-16-19(29-8-7-28-16)32(20(18)33)14-17-15(23(24,25)26)5-4-6-27-17/h4-8,13H,9-12,14H2,1-3H3. The van der Waals surface area contributed by atoms with E-state index < -0.39 is 35.5 Å². The van der Waals surface area contributed by atoms with Gasteiger partial charge in [-0.05, 0) is 39.0 Å². The van der Waals surface area contributed by atoms with Crippen LogP contribution < -0.4 is 10.5 Å². The van der Waals surface area contributed by atoms with Crippen LogP contribution >= 0.6 is 0 Å². The second-order valence-electron chi connectivity index (χ2n) is 9.14. The molecule has 0 aliphatic carbocycles. The van der Waals surface area contributed by atoms with Crippen LogP contribution in [0.25, 0.3) is 11.2 Å². The summed E-state index contributed by atoms with van der Waals surface area (Å²) in [6.07, 6.45) is -0.981. The lowest BCUT2D eigenvalue weighted by Crippen LogP contribution is -2.51. The number of hydrogen-bond donors (Lipinski definition) is 0. The number of carbonyl (C=O) groups excluding carboxylic acids is 1. The monoisotopic (exact) mass is 490 g/mol. The molecule has 3 aromatic heterocycles. The highest BCUT2D eigenvalue weighted by atomic mass is 19.4. The van der Waals surface area contributed by atoms with Crippen molar-refractivity contribution >= 4 is 22.9 Å². The summed E-state index contributed by atoms with van der Waals surface area (Å²) in [5.74, 6) is 0. The number of aromatic nitrogens is 4. The lowest BCUT2D eigenvalue weighted by atomic mass is 10.1. The van der Waals surface area contributed by atoms with Crippen molar-refractivity contribution in [3.05, 3.63) is 58.4 Å². The summed E-state index contributed by atoms with van der Waals surface area (Å²) in [5.41, 5.74) is -1.55. The van der Waals surface area contributed by atoms with Crippen molar-refractivity contribution in [3.63, 3.8) is 0 Å². The summed E-state index contributed by atoms with van der Waals surface area (Å²) < 4.78 is 47.2. The molecule has 0 radical (unpaired) electrons. The Bertz CT molecular complexity index is 1290. The van der Waals surface area contributed by atoms with Crippen molar-refractivity contribution < 1.29 is 22.7 Å². The molecule has 186 valence electrons. The van der Waals surface area contributed by atoms with Crippen LogP contribution in [0.3, 0.4) is 0 Å². The molecule has 35 heavy (non-hydrogen) atoms. The minimum absolute atomic E-state index is 0.160. The molecule has 1 amide bonds. The summed E-state index contributed by atoms with van der Waals surface area (Å²) in [6.45, 7) is 6.27. The van der Waals surface area contributed by atoms with Crippen LogP contribution in [0.15, 0.2) is 41.6 Å². The normalized spacial score (nSPS) is 14.9. The number of piperazine rings is 1. The van der Waals surface area contributed by atoms with Gasteiger partial charge in [0, 0.05) is 44.8 Å². The number of nitrogens with zero attached hydrogens (tertiary/aromatic N) is 6. The fourth-order valence-corrected chi connectivity index (χ4v) is 3.88. The number of ether oxygens (including phenoxy) is 1. The van der Waals surface area contributed by atoms with Gasteiger partial charge in [0.05, 0.1) is 17.8 Å². The van der Waals surface area contributed by atoms with Crippen LogP contribution in [0.2, 0.25) is 0 Å². The number of pyridine rings is 2. The molecule has 0 unspecified atom stereocenters. The van der Waals surface area contributed by atoms with E-state index in [1.165, 1.54) is 24.7 Å². The average molecular weight is 490 g/mol. The predicted octanol–water partition coefficient (Wildman–Crippen LogP) is 3.31. The molecule has 4 rings (SSSR count). The Morgan fingerprint density at radius 1 is 1.03 bits per heavy atom. The van der Waals surface area contributed by atoms with Gasteiger partial charge in [-0.1, -0.05) is 0 Å². The molecule has 1 saturated heterocycles. The molecule has 4 heterocycles. The number of carbonyl (C=O) groups is 1. The molecule has 1 fully saturated rings. The van der Waals surface area contributed by atoms with Crippen molar-refractivity contribution in [1.29, 1.82) is 0 Å². The minimum atomic E-state index is -4.62. The summed E-state index contributed by atoms with van der Waals surface area (Å²) in [4.78, 5) is 41.5. The third-order valence-corrected chi connectivity index (χ3v) is 5.48. The number of fused-ring (bicyclic) bond motifs is 1. The van der Waals surface area contributed by atoms with Gasteiger partial charge in [0.2, 0.25) is 0 Å². The van der Waals surface area contributed by atoms with Crippen LogP contribution in [0, 0.1) is 0 Å². The molecule has 0 saturated carbocycles. The highest BCUT2D eigenvalue weighted by Gasteiger charge is 2.34. The van der Waals surface area contributed by atoms with Crippen molar-refractivity contribution in [2.45, 2.75) is 39.1 Å². The topological polar surface area (TPSA) is 93.4 Å². The first kappa shape index (κ1) is 24.4. The van der Waals surface area contributed by atoms with Gasteiger partial charge in [-0.15, -0.1) is 0 Å². The maximum absolute atomic E-state index is 13.5. The Balaban J connectivity index is 1.67. The fourth-order valence-electron chi connectivity index (χ4n) is 3.88. The van der Waals surface area contributed by atoms with Gasteiger partial charge >= 0.3 is 12.3 Å². The van der Waals surface area contributed by atoms with Crippen molar-refractivity contribution in [1.82, 2.24) is 24.4 Å². The second-order valence-corrected chi connectivity index (χ2v) is 9.14. The van der Waals surface area contributed by atoms with Gasteiger partial charge in [0.15, 0.2) is 5.65 Å². The maximum atomic E-state index is 13.5. The minimum Gasteiger partial charge on any atom is -0.444 e. The third-order valence-electron chi connectivity index (χ3n) is 5.48. The fraction of sp³-hybridized carbons (Fsp3) is 0.435. The number of rotatable bonds is 3. The lowest BCUT2D eigenvalue weighted by molar-refractivity contribution is -0.138. The Morgan fingerprint density at radius 2 is 1.71 bits per heavy atom. The molecule has 0 atom stereocenters. The predicted molar refractivity (Wildman–Crippen MR) is 122 cm³/mol. The van der Waals surface area contributed by atoms with E-state index in [0.29, 0.717) is 31.7 Å². The zero-order valence-corrected chi connectivity index (χ0v) is 19.5. The number of halogens is 3. The van der Waals surface area contributed by atoms with Crippen LogP contribution in [0.5, 0.6) is 0 Å². The van der Waals surface area contributed by atoms with Crippen molar-refractivity contribution in [3.8, 4) is 0 Å². The van der Waals surface area contributed by atoms with E-state index in [9.17, 15) is 22.8 Å². The van der Waals surface area contributed by atoms with Gasteiger partial charge in [-0.3, -0.25) is 19.3 Å². The Labute approximate surface area is 199 Å². The van der Waals surface area contributed by atoms with E-state index >= 15 is 0 Å². The van der Waals surface area contributed by atoms with E-state index in [-0.39, 0.29) is 17.0 Å². The van der Waals surface area contributed by atoms with Crippen LogP contribution in [-0.4, -0.2) is 62.3 Å². The molecular weight excluding hydrogens is 465 g/mol. The summed E-state index contributed by atoms with van der Waals surface area (Å²) in [5, 5.41) is 0. The zero-order chi connectivity index (χ0) is 25.4. The number of hydrogen-bond acceptors (Lipinski definition) is 7. The summed E-state index contributed by atoms with van der Waals surface area (Å²) in [6, 6.07) is 3.71. The smallest absolute Gasteiger partial charge is 0.418 e. The SMILES string of the molecule is CC(C)(C)OC(=O)N1CCN(c2cc3nccnc3n(Cc3ncccc3C(F)(F)F)c2=O)CC1. The molecule has 1 aliphatic rings. The van der Waals surface area contributed by atoms with Crippen LogP contribution in [-0.2, 0) is 17.5 Å².